The first kappa shape index (κ1) is 17.6. The number of amides is 2. The Hall–Kier alpha value is -2.76. The van der Waals surface area contributed by atoms with Gasteiger partial charge in [0.25, 0.3) is 5.91 Å². The van der Waals surface area contributed by atoms with Crippen molar-refractivity contribution in [2.45, 2.75) is 26.4 Å². The molecular weight excluding hydrogens is 308 g/mol. The molecule has 0 radical (unpaired) electrons. The van der Waals surface area contributed by atoms with Crippen molar-refractivity contribution in [1.29, 1.82) is 0 Å². The zero-order valence-electron chi connectivity index (χ0n) is 14.0. The van der Waals surface area contributed by atoms with E-state index in [0.29, 0.717) is 17.9 Å². The van der Waals surface area contributed by atoms with Crippen LogP contribution in [0.15, 0.2) is 47.3 Å². The van der Waals surface area contributed by atoms with Crippen LogP contribution in [-0.4, -0.2) is 25.0 Å². The first-order chi connectivity index (χ1) is 11.5. The molecule has 24 heavy (non-hydrogen) atoms. The molecule has 2 amide bonds. The van der Waals surface area contributed by atoms with E-state index in [4.69, 9.17) is 9.15 Å². The molecule has 6 nitrogen and oxygen atoms in total. The lowest BCUT2D eigenvalue weighted by Gasteiger charge is -2.21. The van der Waals surface area contributed by atoms with E-state index in [0.717, 1.165) is 5.56 Å². The zero-order chi connectivity index (χ0) is 17.5. The maximum atomic E-state index is 12.4. The van der Waals surface area contributed by atoms with Crippen molar-refractivity contribution in [3.8, 4) is 5.75 Å². The number of methoxy groups -OCH3 is 1. The van der Waals surface area contributed by atoms with E-state index in [-0.39, 0.29) is 17.7 Å². The van der Waals surface area contributed by atoms with E-state index < -0.39 is 6.04 Å². The second-order valence-electron chi connectivity index (χ2n) is 5.77. The quantitative estimate of drug-likeness (QED) is 0.817. The Kier molecular flexibility index (Phi) is 6.01. The predicted molar refractivity (Wildman–Crippen MR) is 89.6 cm³/mol. The molecule has 1 heterocycles. The average Bonchev–Trinajstić information content (AvgIpc) is 3.10. The van der Waals surface area contributed by atoms with Crippen LogP contribution in [0.4, 0.5) is 0 Å². The number of benzene rings is 1. The summed E-state index contributed by atoms with van der Waals surface area (Å²) in [6.45, 7) is 4.13. The van der Waals surface area contributed by atoms with Gasteiger partial charge in [-0.2, -0.15) is 0 Å². The zero-order valence-corrected chi connectivity index (χ0v) is 14.0. The number of hydrogen-bond donors (Lipinski definition) is 2. The van der Waals surface area contributed by atoms with Gasteiger partial charge in [0, 0.05) is 17.7 Å². The Morgan fingerprint density at radius 2 is 1.88 bits per heavy atom. The number of ether oxygens (including phenoxy) is 1. The molecule has 0 saturated heterocycles. The molecule has 0 saturated carbocycles. The highest BCUT2D eigenvalue weighted by atomic mass is 16.5. The highest BCUT2D eigenvalue weighted by Crippen LogP contribution is 2.12. The lowest BCUT2D eigenvalue weighted by atomic mass is 10.0. The van der Waals surface area contributed by atoms with Crippen LogP contribution < -0.4 is 15.4 Å². The van der Waals surface area contributed by atoms with Gasteiger partial charge in [-0.3, -0.25) is 9.59 Å². The van der Waals surface area contributed by atoms with Crippen molar-refractivity contribution in [1.82, 2.24) is 10.6 Å². The normalized spacial score (nSPS) is 11.8. The first-order valence-corrected chi connectivity index (χ1v) is 7.75. The van der Waals surface area contributed by atoms with Crippen molar-refractivity contribution in [2.75, 3.05) is 7.11 Å². The lowest BCUT2D eigenvalue weighted by molar-refractivity contribution is -0.124. The molecule has 1 atom stereocenters. The molecule has 0 fully saturated rings. The van der Waals surface area contributed by atoms with Crippen molar-refractivity contribution in [3.63, 3.8) is 0 Å². The second-order valence-corrected chi connectivity index (χ2v) is 5.77. The molecule has 2 aromatic rings. The SMILES string of the molecule is COc1ccc(C(=O)N[C@@H](C(=O)NCc2ccoc2)C(C)C)cc1. The van der Waals surface area contributed by atoms with Crippen LogP contribution in [0, 0.1) is 5.92 Å². The molecule has 0 spiro atoms. The Labute approximate surface area is 141 Å². The van der Waals surface area contributed by atoms with Crippen LogP contribution in [0.1, 0.15) is 29.8 Å². The van der Waals surface area contributed by atoms with Crippen LogP contribution in [-0.2, 0) is 11.3 Å². The van der Waals surface area contributed by atoms with Crippen LogP contribution >= 0.6 is 0 Å². The Morgan fingerprint density at radius 3 is 2.42 bits per heavy atom. The average molecular weight is 330 g/mol. The highest BCUT2D eigenvalue weighted by molar-refractivity contribution is 5.97. The molecule has 2 N–H and O–H groups in total. The fourth-order valence-electron chi connectivity index (χ4n) is 2.19. The van der Waals surface area contributed by atoms with E-state index in [1.807, 2.05) is 13.8 Å². The van der Waals surface area contributed by atoms with E-state index >= 15 is 0 Å². The summed E-state index contributed by atoms with van der Waals surface area (Å²) < 4.78 is 10.0. The van der Waals surface area contributed by atoms with Gasteiger partial charge in [0.05, 0.1) is 19.6 Å². The van der Waals surface area contributed by atoms with Gasteiger partial charge >= 0.3 is 0 Å². The predicted octanol–water partition coefficient (Wildman–Crippen LogP) is 2.36. The molecule has 2 rings (SSSR count). The Morgan fingerprint density at radius 1 is 1.17 bits per heavy atom. The number of nitrogens with one attached hydrogen (secondary N) is 2. The van der Waals surface area contributed by atoms with E-state index in [2.05, 4.69) is 10.6 Å². The minimum atomic E-state index is -0.619. The summed E-state index contributed by atoms with van der Waals surface area (Å²) in [6.07, 6.45) is 3.12. The lowest BCUT2D eigenvalue weighted by Crippen LogP contribution is -2.49. The second kappa shape index (κ2) is 8.19. The fourth-order valence-corrected chi connectivity index (χ4v) is 2.19. The smallest absolute Gasteiger partial charge is 0.251 e. The van der Waals surface area contributed by atoms with Crippen LogP contribution in [0.2, 0.25) is 0 Å². The van der Waals surface area contributed by atoms with Gasteiger partial charge < -0.3 is 19.8 Å². The summed E-state index contributed by atoms with van der Waals surface area (Å²) in [6, 6.07) is 7.90. The summed E-state index contributed by atoms with van der Waals surface area (Å²) in [4.78, 5) is 24.7. The van der Waals surface area contributed by atoms with Crippen LogP contribution in [0.3, 0.4) is 0 Å². The standard InChI is InChI=1S/C18H22N2O4/c1-12(2)16(18(22)19-10-13-8-9-24-11-13)20-17(21)14-4-6-15(23-3)7-5-14/h4-9,11-12,16H,10H2,1-3H3,(H,19,22)(H,20,21)/t16-/m1/s1. The minimum absolute atomic E-state index is 0.0449. The topological polar surface area (TPSA) is 80.6 Å². The van der Waals surface area contributed by atoms with Gasteiger partial charge in [-0.25, -0.2) is 0 Å². The summed E-state index contributed by atoms with van der Waals surface area (Å²) in [5.74, 6) is 0.101. The van der Waals surface area contributed by atoms with Crippen molar-refractivity contribution >= 4 is 11.8 Å². The molecule has 0 aliphatic heterocycles. The third-order valence-electron chi connectivity index (χ3n) is 3.63. The van der Waals surface area contributed by atoms with Crippen LogP contribution in [0.25, 0.3) is 0 Å². The molecule has 1 aromatic heterocycles. The monoisotopic (exact) mass is 330 g/mol. The number of furan rings is 1. The largest absolute Gasteiger partial charge is 0.497 e. The Bertz CT molecular complexity index is 663. The number of rotatable bonds is 7. The van der Waals surface area contributed by atoms with Gasteiger partial charge in [-0.15, -0.1) is 0 Å². The maximum Gasteiger partial charge on any atom is 0.251 e. The summed E-state index contributed by atoms with van der Waals surface area (Å²) in [5, 5.41) is 5.59. The highest BCUT2D eigenvalue weighted by Gasteiger charge is 2.24. The van der Waals surface area contributed by atoms with Crippen molar-refractivity contribution < 1.29 is 18.7 Å². The van der Waals surface area contributed by atoms with E-state index in [1.165, 1.54) is 0 Å². The maximum absolute atomic E-state index is 12.4. The van der Waals surface area contributed by atoms with Gasteiger partial charge in [0.2, 0.25) is 5.91 Å². The summed E-state index contributed by atoms with van der Waals surface area (Å²) in [5.41, 5.74) is 1.34. The van der Waals surface area contributed by atoms with Crippen LogP contribution in [0.5, 0.6) is 5.75 Å². The molecule has 1 aromatic carbocycles. The van der Waals surface area contributed by atoms with Crippen molar-refractivity contribution in [2.24, 2.45) is 5.92 Å². The van der Waals surface area contributed by atoms with Crippen molar-refractivity contribution in [3.05, 3.63) is 54.0 Å². The number of carbonyl (C=O) groups excluding carboxylic acids is 2. The first-order valence-electron chi connectivity index (χ1n) is 7.75. The van der Waals surface area contributed by atoms with Gasteiger partial charge in [-0.05, 0) is 36.2 Å². The molecule has 0 bridgehead atoms. The van der Waals surface area contributed by atoms with Gasteiger partial charge in [0.15, 0.2) is 0 Å². The molecule has 0 aliphatic rings. The number of carbonyl (C=O) groups is 2. The van der Waals surface area contributed by atoms with Gasteiger partial charge in [0.1, 0.15) is 11.8 Å². The molecule has 0 aliphatic carbocycles. The summed E-state index contributed by atoms with van der Waals surface area (Å²) >= 11 is 0. The molecule has 0 unspecified atom stereocenters. The summed E-state index contributed by atoms with van der Waals surface area (Å²) in [7, 11) is 1.56. The number of hydrogen-bond acceptors (Lipinski definition) is 4. The van der Waals surface area contributed by atoms with E-state index in [9.17, 15) is 9.59 Å². The molecule has 128 valence electrons. The van der Waals surface area contributed by atoms with Gasteiger partial charge in [-0.1, -0.05) is 13.8 Å². The Balaban J connectivity index is 1.98. The minimum Gasteiger partial charge on any atom is -0.497 e. The fraction of sp³-hybridized carbons (Fsp3) is 0.333. The third kappa shape index (κ3) is 4.62. The molecular formula is C18H22N2O4. The molecule has 6 heteroatoms. The van der Waals surface area contributed by atoms with E-state index in [1.54, 1.807) is 50.0 Å². The third-order valence-corrected chi connectivity index (χ3v) is 3.63.